The van der Waals surface area contributed by atoms with Crippen LogP contribution >= 0.6 is 0 Å². The van der Waals surface area contributed by atoms with E-state index < -0.39 is 0 Å². The average molecular weight is 640 g/mol. The monoisotopic (exact) mass is 639 g/mol. The number of nitriles is 3. The number of hydrogen-bond donors (Lipinski definition) is 0. The van der Waals surface area contributed by atoms with E-state index in [1.165, 1.54) is 10.9 Å². The molecule has 2 heterocycles. The van der Waals surface area contributed by atoms with E-state index in [-0.39, 0.29) is 0 Å². The Kier molecular flexibility index (Phi) is 7.34. The highest BCUT2D eigenvalue weighted by atomic mass is 15.0. The molecule has 2 aromatic heterocycles. The summed E-state index contributed by atoms with van der Waals surface area (Å²) in [6.45, 7) is 4.18. The van der Waals surface area contributed by atoms with Gasteiger partial charge in [0.1, 0.15) is 0 Å². The van der Waals surface area contributed by atoms with E-state index in [4.69, 9.17) is 0 Å². The summed E-state index contributed by atoms with van der Waals surface area (Å²) < 4.78 is 4.43. The van der Waals surface area contributed by atoms with Gasteiger partial charge in [0.05, 0.1) is 57.1 Å². The zero-order chi connectivity index (χ0) is 34.4. The highest BCUT2D eigenvalue weighted by Crippen LogP contribution is 2.42. The van der Waals surface area contributed by atoms with Crippen molar-refractivity contribution < 1.29 is 0 Å². The van der Waals surface area contributed by atoms with Crippen molar-refractivity contribution in [1.82, 2.24) is 9.13 Å². The normalized spacial score (nSPS) is 11.3. The summed E-state index contributed by atoms with van der Waals surface area (Å²) in [5.74, 6) is 0. The Labute approximate surface area is 290 Å². The van der Waals surface area contributed by atoms with Gasteiger partial charge in [-0.3, -0.25) is 0 Å². The van der Waals surface area contributed by atoms with Crippen LogP contribution in [0.3, 0.4) is 0 Å². The minimum absolute atomic E-state index is 0.479. The molecular formula is C45H29N5. The molecule has 5 nitrogen and oxygen atoms in total. The average Bonchev–Trinajstić information content (AvgIpc) is 3.65. The minimum atomic E-state index is 0.479. The Morgan fingerprint density at radius 3 is 2.00 bits per heavy atom. The second-order valence-electron chi connectivity index (χ2n) is 12.3. The molecule has 5 heteroatoms. The molecule has 0 N–H and O–H groups in total. The Bertz CT molecular complexity index is 2820. The third-order valence-electron chi connectivity index (χ3n) is 9.51. The first-order chi connectivity index (χ1) is 24.6. The van der Waals surface area contributed by atoms with Crippen molar-refractivity contribution >= 4 is 38.8 Å². The maximum Gasteiger partial charge on any atom is 0.0998 e. The van der Waals surface area contributed by atoms with E-state index in [0.717, 1.165) is 66.6 Å². The fourth-order valence-corrected chi connectivity index (χ4v) is 7.43. The van der Waals surface area contributed by atoms with Crippen LogP contribution in [0.5, 0.6) is 0 Å². The van der Waals surface area contributed by atoms with Crippen LogP contribution in [-0.4, -0.2) is 9.13 Å². The van der Waals surface area contributed by atoms with Gasteiger partial charge < -0.3 is 9.13 Å². The Morgan fingerprint density at radius 2 is 1.24 bits per heavy atom. The maximum absolute atomic E-state index is 10.5. The van der Waals surface area contributed by atoms with Gasteiger partial charge in [0.15, 0.2) is 0 Å². The number of allylic oxidation sites excluding steroid dienone is 1. The molecule has 6 aromatic carbocycles. The number of aromatic nitrogens is 2. The van der Waals surface area contributed by atoms with Crippen LogP contribution in [0.25, 0.3) is 72.4 Å². The summed E-state index contributed by atoms with van der Waals surface area (Å²) in [4.78, 5) is 0. The Hall–Kier alpha value is -7.13. The molecule has 234 valence electrons. The fourth-order valence-electron chi connectivity index (χ4n) is 7.43. The van der Waals surface area contributed by atoms with Gasteiger partial charge in [0.2, 0.25) is 0 Å². The second kappa shape index (κ2) is 12.1. The molecule has 0 unspecified atom stereocenters. The zero-order valence-corrected chi connectivity index (χ0v) is 27.5. The van der Waals surface area contributed by atoms with E-state index >= 15 is 0 Å². The predicted molar refractivity (Wildman–Crippen MR) is 202 cm³/mol. The van der Waals surface area contributed by atoms with E-state index in [1.807, 2.05) is 73.7 Å². The highest BCUT2D eigenvalue weighted by molar-refractivity contribution is 6.10. The SMILES string of the molecule is C/C=C\c1c(C)n(-c2ccccc2-c2cccc(C#N)c2-c2cc(C#N)cc(-n3c4ccccc4c4cc(C#N)ccc43)c2)c2ccccc12. The molecule has 0 aliphatic rings. The lowest BCUT2D eigenvalue weighted by Crippen LogP contribution is -2.01. The summed E-state index contributed by atoms with van der Waals surface area (Å²) in [6.07, 6.45) is 4.22. The molecular weight excluding hydrogens is 611 g/mol. The van der Waals surface area contributed by atoms with Crippen molar-refractivity contribution in [3.63, 3.8) is 0 Å². The number of hydrogen-bond acceptors (Lipinski definition) is 3. The van der Waals surface area contributed by atoms with Crippen LogP contribution in [0.4, 0.5) is 0 Å². The molecule has 0 saturated heterocycles. The van der Waals surface area contributed by atoms with Crippen molar-refractivity contribution in [2.24, 2.45) is 0 Å². The number of nitrogens with zero attached hydrogens (tertiary/aromatic N) is 5. The molecule has 0 fully saturated rings. The molecule has 0 amide bonds. The van der Waals surface area contributed by atoms with E-state index in [0.29, 0.717) is 16.7 Å². The lowest BCUT2D eigenvalue weighted by molar-refractivity contribution is 1.05. The lowest BCUT2D eigenvalue weighted by Gasteiger charge is -2.19. The van der Waals surface area contributed by atoms with Gasteiger partial charge in [0, 0.05) is 44.2 Å². The van der Waals surface area contributed by atoms with Gasteiger partial charge in [-0.2, -0.15) is 15.8 Å². The Morgan fingerprint density at radius 1 is 0.560 bits per heavy atom. The molecule has 0 radical (unpaired) electrons. The number of para-hydroxylation sites is 3. The van der Waals surface area contributed by atoms with Crippen LogP contribution < -0.4 is 0 Å². The van der Waals surface area contributed by atoms with Crippen LogP contribution in [0.2, 0.25) is 0 Å². The quantitative estimate of drug-likeness (QED) is 0.188. The molecule has 8 rings (SSSR count). The van der Waals surface area contributed by atoms with Gasteiger partial charge in [-0.1, -0.05) is 78.9 Å². The molecule has 8 aromatic rings. The molecule has 50 heavy (non-hydrogen) atoms. The van der Waals surface area contributed by atoms with Crippen molar-refractivity contribution in [2.45, 2.75) is 13.8 Å². The van der Waals surface area contributed by atoms with Gasteiger partial charge in [-0.15, -0.1) is 0 Å². The Balaban J connectivity index is 1.41. The van der Waals surface area contributed by atoms with Crippen molar-refractivity contribution in [1.29, 1.82) is 15.8 Å². The first kappa shape index (κ1) is 30.2. The van der Waals surface area contributed by atoms with Crippen LogP contribution in [0.1, 0.15) is 34.9 Å². The number of rotatable bonds is 5. The maximum atomic E-state index is 10.5. The predicted octanol–water partition coefficient (Wildman–Crippen LogP) is 11.0. The second-order valence-corrected chi connectivity index (χ2v) is 12.3. The standard InChI is InChI=1S/C45H29N5/c1-3-11-35-29(2)49(41-17-7-4-13-36(35)41)42-18-8-5-14-37(42)39-16-10-12-32(28-48)45(39)33-22-31(27-47)23-34(25-33)50-43-19-9-6-15-38(43)40-24-30(26-46)20-21-44(40)50/h3-25H,1-2H3/b11-3-. The van der Waals surface area contributed by atoms with Crippen molar-refractivity contribution in [2.75, 3.05) is 0 Å². The topological polar surface area (TPSA) is 81.2 Å². The first-order valence-corrected chi connectivity index (χ1v) is 16.4. The lowest BCUT2D eigenvalue weighted by atomic mass is 9.89. The third kappa shape index (κ3) is 4.68. The largest absolute Gasteiger partial charge is 0.313 e. The van der Waals surface area contributed by atoms with Crippen LogP contribution in [0, 0.1) is 40.9 Å². The molecule has 0 spiro atoms. The van der Waals surface area contributed by atoms with Crippen LogP contribution in [0.15, 0.2) is 133 Å². The third-order valence-corrected chi connectivity index (χ3v) is 9.51. The number of benzene rings is 6. The summed E-state index contributed by atoms with van der Waals surface area (Å²) >= 11 is 0. The molecule has 0 aliphatic heterocycles. The molecule has 0 bridgehead atoms. The van der Waals surface area contributed by atoms with E-state index in [9.17, 15) is 15.8 Å². The summed E-state index contributed by atoms with van der Waals surface area (Å²) in [6, 6.07) is 49.3. The smallest absolute Gasteiger partial charge is 0.0998 e. The molecule has 0 aliphatic carbocycles. The first-order valence-electron chi connectivity index (χ1n) is 16.4. The van der Waals surface area contributed by atoms with Gasteiger partial charge >= 0.3 is 0 Å². The van der Waals surface area contributed by atoms with Crippen molar-refractivity contribution in [3.05, 3.63) is 161 Å². The highest BCUT2D eigenvalue weighted by Gasteiger charge is 2.21. The van der Waals surface area contributed by atoms with Gasteiger partial charge in [-0.05, 0) is 85.6 Å². The molecule has 0 atom stereocenters. The van der Waals surface area contributed by atoms with Gasteiger partial charge in [-0.25, -0.2) is 0 Å². The summed E-state index contributed by atoms with van der Waals surface area (Å²) in [5, 5.41) is 33.7. The molecule has 0 saturated carbocycles. The van der Waals surface area contributed by atoms with E-state index in [1.54, 1.807) is 0 Å². The van der Waals surface area contributed by atoms with E-state index in [2.05, 4.69) is 107 Å². The zero-order valence-electron chi connectivity index (χ0n) is 27.5. The number of fused-ring (bicyclic) bond motifs is 4. The summed E-state index contributed by atoms with van der Waals surface area (Å²) in [7, 11) is 0. The summed E-state index contributed by atoms with van der Waals surface area (Å²) in [5.41, 5.74) is 12.1. The fraction of sp³-hybridized carbons (Fsp3) is 0.0444. The minimum Gasteiger partial charge on any atom is -0.313 e. The van der Waals surface area contributed by atoms with Crippen molar-refractivity contribution in [3.8, 4) is 51.8 Å². The van der Waals surface area contributed by atoms with Gasteiger partial charge in [0.25, 0.3) is 0 Å². The van der Waals surface area contributed by atoms with Crippen LogP contribution in [-0.2, 0) is 0 Å².